The molecule has 1 aromatic carbocycles. The van der Waals surface area contributed by atoms with Gasteiger partial charge in [0.1, 0.15) is 10.6 Å². The van der Waals surface area contributed by atoms with Crippen LogP contribution in [0.2, 0.25) is 0 Å². The first-order chi connectivity index (χ1) is 13.5. The molecule has 1 saturated carbocycles. The van der Waals surface area contributed by atoms with Gasteiger partial charge in [0, 0.05) is 23.8 Å². The van der Waals surface area contributed by atoms with Crippen LogP contribution < -0.4 is 10.1 Å². The first-order valence-electron chi connectivity index (χ1n) is 9.50. The van der Waals surface area contributed by atoms with Crippen LogP contribution in [-0.2, 0) is 27.8 Å². The van der Waals surface area contributed by atoms with Crippen molar-refractivity contribution < 1.29 is 17.9 Å². The summed E-state index contributed by atoms with van der Waals surface area (Å²) in [5.41, 5.74) is 0.874. The normalized spacial score (nSPS) is 17.6. The van der Waals surface area contributed by atoms with Gasteiger partial charge in [0.05, 0.1) is 18.8 Å². The Kier molecular flexibility index (Phi) is 5.39. The molecule has 0 spiro atoms. The van der Waals surface area contributed by atoms with Crippen molar-refractivity contribution in [2.75, 3.05) is 18.5 Å². The van der Waals surface area contributed by atoms with E-state index in [4.69, 9.17) is 4.74 Å². The molecule has 1 aliphatic heterocycles. The molecule has 1 aliphatic carbocycles. The van der Waals surface area contributed by atoms with Crippen LogP contribution in [0.5, 0.6) is 5.75 Å². The number of benzene rings is 1. The fourth-order valence-electron chi connectivity index (χ4n) is 3.39. The van der Waals surface area contributed by atoms with E-state index >= 15 is 0 Å². The molecule has 2 heterocycles. The molecule has 7 nitrogen and oxygen atoms in total. The van der Waals surface area contributed by atoms with Gasteiger partial charge in [-0.2, -0.15) is 4.31 Å². The number of thiazole rings is 1. The van der Waals surface area contributed by atoms with Crippen molar-refractivity contribution in [2.24, 2.45) is 5.92 Å². The van der Waals surface area contributed by atoms with Crippen molar-refractivity contribution in [2.45, 2.75) is 44.0 Å². The van der Waals surface area contributed by atoms with Gasteiger partial charge in [0.25, 0.3) is 0 Å². The van der Waals surface area contributed by atoms with Gasteiger partial charge >= 0.3 is 0 Å². The number of fused-ring (bicyclic) bond motifs is 1. The SMILES string of the molecule is CCOc1ccccc1S(=O)(=O)N1CCc2nc(NC(=O)C3CCC3)sc2C1. The second-order valence-electron chi connectivity index (χ2n) is 6.97. The Bertz CT molecular complexity index is 983. The van der Waals surface area contributed by atoms with Gasteiger partial charge < -0.3 is 10.1 Å². The summed E-state index contributed by atoms with van der Waals surface area (Å²) >= 11 is 1.36. The number of hydrogen-bond acceptors (Lipinski definition) is 6. The van der Waals surface area contributed by atoms with Crippen LogP contribution in [0.3, 0.4) is 0 Å². The Balaban J connectivity index is 1.52. The number of hydrogen-bond donors (Lipinski definition) is 1. The van der Waals surface area contributed by atoms with Gasteiger partial charge in [-0.25, -0.2) is 13.4 Å². The summed E-state index contributed by atoms with van der Waals surface area (Å²) < 4.78 is 33.3. The van der Waals surface area contributed by atoms with E-state index in [0.29, 0.717) is 30.5 Å². The topological polar surface area (TPSA) is 88.6 Å². The van der Waals surface area contributed by atoms with Crippen molar-refractivity contribution in [3.05, 3.63) is 34.8 Å². The van der Waals surface area contributed by atoms with E-state index in [1.807, 2.05) is 6.92 Å². The molecule has 2 aromatic rings. The van der Waals surface area contributed by atoms with Gasteiger partial charge in [0.2, 0.25) is 15.9 Å². The monoisotopic (exact) mass is 421 g/mol. The summed E-state index contributed by atoms with van der Waals surface area (Å²) in [5, 5.41) is 3.46. The number of nitrogens with zero attached hydrogens (tertiary/aromatic N) is 2. The van der Waals surface area contributed by atoms with Gasteiger partial charge in [-0.3, -0.25) is 4.79 Å². The van der Waals surface area contributed by atoms with Crippen molar-refractivity contribution in [1.82, 2.24) is 9.29 Å². The Labute approximate surface area is 168 Å². The number of nitrogens with one attached hydrogen (secondary N) is 1. The Hall–Kier alpha value is -1.97. The number of para-hydroxylation sites is 1. The van der Waals surface area contributed by atoms with Crippen LogP contribution >= 0.6 is 11.3 Å². The second-order valence-corrected chi connectivity index (χ2v) is 9.96. The summed E-state index contributed by atoms with van der Waals surface area (Å²) in [4.78, 5) is 17.7. The minimum Gasteiger partial charge on any atom is -0.492 e. The molecule has 2 aliphatic rings. The zero-order valence-electron chi connectivity index (χ0n) is 15.7. The summed E-state index contributed by atoms with van der Waals surface area (Å²) in [6, 6.07) is 6.71. The van der Waals surface area contributed by atoms with Crippen molar-refractivity contribution in [1.29, 1.82) is 0 Å². The Morgan fingerprint density at radius 3 is 2.86 bits per heavy atom. The van der Waals surface area contributed by atoms with Crippen molar-refractivity contribution >= 4 is 32.4 Å². The smallest absolute Gasteiger partial charge is 0.247 e. The summed E-state index contributed by atoms with van der Waals surface area (Å²) in [6.07, 6.45) is 3.49. The van der Waals surface area contributed by atoms with Crippen LogP contribution in [0.4, 0.5) is 5.13 Å². The maximum absolute atomic E-state index is 13.2. The van der Waals surface area contributed by atoms with Gasteiger partial charge in [-0.1, -0.05) is 18.6 Å². The molecule has 0 saturated heterocycles. The third-order valence-electron chi connectivity index (χ3n) is 5.17. The quantitative estimate of drug-likeness (QED) is 0.775. The van der Waals surface area contributed by atoms with E-state index in [9.17, 15) is 13.2 Å². The molecule has 1 fully saturated rings. The van der Waals surface area contributed by atoms with E-state index in [1.165, 1.54) is 15.6 Å². The lowest BCUT2D eigenvalue weighted by molar-refractivity contribution is -0.122. The highest BCUT2D eigenvalue weighted by atomic mass is 32.2. The zero-order valence-corrected chi connectivity index (χ0v) is 17.3. The number of carbonyl (C=O) groups excluding carboxylic acids is 1. The largest absolute Gasteiger partial charge is 0.492 e. The van der Waals surface area contributed by atoms with Crippen molar-refractivity contribution in [3.63, 3.8) is 0 Å². The molecule has 1 N–H and O–H groups in total. The maximum Gasteiger partial charge on any atom is 0.247 e. The summed E-state index contributed by atoms with van der Waals surface area (Å²) in [7, 11) is -3.68. The van der Waals surface area contributed by atoms with E-state index in [-0.39, 0.29) is 23.3 Å². The third kappa shape index (κ3) is 3.66. The third-order valence-corrected chi connectivity index (χ3v) is 8.05. The lowest BCUT2D eigenvalue weighted by Crippen LogP contribution is -2.35. The number of ether oxygens (including phenoxy) is 1. The molecule has 28 heavy (non-hydrogen) atoms. The Morgan fingerprint density at radius 2 is 2.14 bits per heavy atom. The number of rotatable bonds is 6. The average Bonchev–Trinajstić information content (AvgIpc) is 3.02. The lowest BCUT2D eigenvalue weighted by Gasteiger charge is -2.26. The van der Waals surface area contributed by atoms with E-state index in [1.54, 1.807) is 24.3 Å². The van der Waals surface area contributed by atoms with E-state index in [2.05, 4.69) is 10.3 Å². The second kappa shape index (κ2) is 7.81. The fourth-order valence-corrected chi connectivity index (χ4v) is 6.03. The van der Waals surface area contributed by atoms with Crippen LogP contribution in [0.25, 0.3) is 0 Å². The zero-order chi connectivity index (χ0) is 19.7. The fraction of sp³-hybridized carbons (Fsp3) is 0.474. The first-order valence-corrected chi connectivity index (χ1v) is 11.8. The van der Waals surface area contributed by atoms with E-state index in [0.717, 1.165) is 29.8 Å². The number of amides is 1. The molecule has 9 heteroatoms. The highest BCUT2D eigenvalue weighted by Crippen LogP contribution is 2.34. The van der Waals surface area contributed by atoms with Crippen LogP contribution in [0.1, 0.15) is 36.8 Å². The molecule has 0 unspecified atom stereocenters. The lowest BCUT2D eigenvalue weighted by atomic mass is 9.85. The molecule has 1 aromatic heterocycles. The number of sulfonamides is 1. The molecule has 1 amide bonds. The average molecular weight is 422 g/mol. The van der Waals surface area contributed by atoms with Crippen LogP contribution in [0.15, 0.2) is 29.2 Å². The van der Waals surface area contributed by atoms with Crippen LogP contribution in [0, 0.1) is 5.92 Å². The molecule has 0 atom stereocenters. The molecular weight excluding hydrogens is 398 g/mol. The summed E-state index contributed by atoms with van der Waals surface area (Å²) in [5.74, 6) is 0.480. The van der Waals surface area contributed by atoms with Gasteiger partial charge in [-0.05, 0) is 31.9 Å². The van der Waals surface area contributed by atoms with Gasteiger partial charge in [0.15, 0.2) is 5.13 Å². The predicted molar refractivity (Wildman–Crippen MR) is 107 cm³/mol. The number of anilines is 1. The molecule has 150 valence electrons. The molecule has 0 radical (unpaired) electrons. The predicted octanol–water partition coefficient (Wildman–Crippen LogP) is 3.03. The highest BCUT2D eigenvalue weighted by Gasteiger charge is 2.33. The Morgan fingerprint density at radius 1 is 1.36 bits per heavy atom. The van der Waals surface area contributed by atoms with Gasteiger partial charge in [-0.15, -0.1) is 11.3 Å². The van der Waals surface area contributed by atoms with Crippen LogP contribution in [-0.4, -0.2) is 36.8 Å². The van der Waals surface area contributed by atoms with E-state index < -0.39 is 10.0 Å². The standard InChI is InChI=1S/C19H23N3O4S2/c1-2-26-15-8-3-4-9-17(15)28(24,25)22-11-10-14-16(12-22)27-19(20-14)21-18(23)13-6-5-7-13/h3-4,8-9,13H,2,5-7,10-12H2,1H3,(H,20,21,23). The first kappa shape index (κ1) is 19.4. The number of carbonyl (C=O) groups is 1. The highest BCUT2D eigenvalue weighted by molar-refractivity contribution is 7.89. The minimum absolute atomic E-state index is 0.0208. The molecular formula is C19H23N3O4S2. The minimum atomic E-state index is -3.68. The number of aromatic nitrogens is 1. The molecule has 4 rings (SSSR count). The van der Waals surface area contributed by atoms with Crippen molar-refractivity contribution in [3.8, 4) is 5.75 Å². The maximum atomic E-state index is 13.2. The summed E-state index contributed by atoms with van der Waals surface area (Å²) in [6.45, 7) is 2.84. The molecule has 0 bridgehead atoms.